The van der Waals surface area contributed by atoms with Gasteiger partial charge in [0.1, 0.15) is 5.75 Å². The maximum absolute atomic E-state index is 5.56. The Morgan fingerprint density at radius 3 is 2.68 bits per heavy atom. The van der Waals surface area contributed by atoms with Crippen molar-refractivity contribution in [1.29, 1.82) is 0 Å². The Morgan fingerprint density at radius 1 is 1.26 bits per heavy atom. The fourth-order valence-electron chi connectivity index (χ4n) is 2.15. The lowest BCUT2D eigenvalue weighted by atomic mass is 10.0. The van der Waals surface area contributed by atoms with Crippen molar-refractivity contribution in [3.63, 3.8) is 0 Å². The molecule has 0 aliphatic heterocycles. The number of benzene rings is 1. The summed E-state index contributed by atoms with van der Waals surface area (Å²) in [5.74, 6) is 0.973. The lowest BCUT2D eigenvalue weighted by Gasteiger charge is -2.18. The molecule has 0 heterocycles. The van der Waals surface area contributed by atoms with Crippen molar-refractivity contribution in [3.05, 3.63) is 29.3 Å². The zero-order valence-corrected chi connectivity index (χ0v) is 12.7. The molecule has 3 heteroatoms. The van der Waals surface area contributed by atoms with Crippen molar-refractivity contribution in [1.82, 2.24) is 5.32 Å². The Hall–Kier alpha value is -1.06. The fraction of sp³-hybridized carbons (Fsp3) is 0.625. The zero-order chi connectivity index (χ0) is 14.1. The molecule has 0 amide bonds. The van der Waals surface area contributed by atoms with Crippen molar-refractivity contribution >= 4 is 0 Å². The highest BCUT2D eigenvalue weighted by Gasteiger charge is 2.11. The van der Waals surface area contributed by atoms with E-state index in [4.69, 9.17) is 9.47 Å². The highest BCUT2D eigenvalue weighted by molar-refractivity contribution is 5.37. The summed E-state index contributed by atoms with van der Waals surface area (Å²) in [6.07, 6.45) is 3.07. The molecule has 0 fully saturated rings. The Bertz CT molecular complexity index is 366. The molecule has 0 saturated carbocycles. The molecule has 0 aromatic heterocycles. The van der Waals surface area contributed by atoms with E-state index in [1.54, 1.807) is 7.11 Å². The van der Waals surface area contributed by atoms with Crippen LogP contribution in [0.25, 0.3) is 0 Å². The monoisotopic (exact) mass is 265 g/mol. The van der Waals surface area contributed by atoms with Gasteiger partial charge < -0.3 is 14.8 Å². The Morgan fingerprint density at radius 2 is 2.05 bits per heavy atom. The molecular formula is C16H27NO2. The second-order valence-corrected chi connectivity index (χ2v) is 4.91. The summed E-state index contributed by atoms with van der Waals surface area (Å²) in [6.45, 7) is 5.91. The van der Waals surface area contributed by atoms with E-state index in [1.165, 1.54) is 11.1 Å². The van der Waals surface area contributed by atoms with Gasteiger partial charge in [-0.3, -0.25) is 0 Å². The quantitative estimate of drug-likeness (QED) is 0.696. The number of aryl methyl sites for hydroxylation is 1. The van der Waals surface area contributed by atoms with Gasteiger partial charge in [-0.25, -0.2) is 0 Å². The van der Waals surface area contributed by atoms with Crippen molar-refractivity contribution in [3.8, 4) is 5.75 Å². The van der Waals surface area contributed by atoms with Gasteiger partial charge in [-0.05, 0) is 44.9 Å². The highest BCUT2D eigenvalue weighted by atomic mass is 16.5. The van der Waals surface area contributed by atoms with Crippen LogP contribution in [0.15, 0.2) is 18.2 Å². The highest BCUT2D eigenvalue weighted by Crippen LogP contribution is 2.21. The molecular weight excluding hydrogens is 238 g/mol. The van der Waals surface area contributed by atoms with Crippen molar-refractivity contribution in [2.45, 2.75) is 39.2 Å². The van der Waals surface area contributed by atoms with Crippen LogP contribution in [0, 0.1) is 6.92 Å². The zero-order valence-electron chi connectivity index (χ0n) is 12.7. The Labute approximate surface area is 117 Å². The molecule has 1 N–H and O–H groups in total. The fourth-order valence-corrected chi connectivity index (χ4v) is 2.15. The summed E-state index contributed by atoms with van der Waals surface area (Å²) >= 11 is 0. The molecule has 0 bridgehead atoms. The van der Waals surface area contributed by atoms with Crippen LogP contribution in [-0.2, 0) is 11.2 Å². The number of likely N-dealkylation sites (N-methyl/N-ethyl adjacent to an activating group) is 1. The maximum Gasteiger partial charge on any atom is 0.122 e. The van der Waals surface area contributed by atoms with Gasteiger partial charge in [0, 0.05) is 19.3 Å². The van der Waals surface area contributed by atoms with E-state index in [1.807, 2.05) is 13.1 Å². The second-order valence-electron chi connectivity index (χ2n) is 4.91. The van der Waals surface area contributed by atoms with Gasteiger partial charge in [-0.2, -0.15) is 0 Å². The van der Waals surface area contributed by atoms with Gasteiger partial charge >= 0.3 is 0 Å². The van der Waals surface area contributed by atoms with Crippen molar-refractivity contribution in [2.24, 2.45) is 0 Å². The van der Waals surface area contributed by atoms with Crippen LogP contribution < -0.4 is 10.1 Å². The summed E-state index contributed by atoms with van der Waals surface area (Å²) in [5, 5.41) is 3.36. The minimum absolute atomic E-state index is 0.424. The number of hydrogen-bond donors (Lipinski definition) is 1. The first-order valence-corrected chi connectivity index (χ1v) is 7.09. The van der Waals surface area contributed by atoms with E-state index in [-0.39, 0.29) is 0 Å². The van der Waals surface area contributed by atoms with Crippen LogP contribution >= 0.6 is 0 Å². The third-order valence-corrected chi connectivity index (χ3v) is 3.27. The molecule has 0 aliphatic rings. The first kappa shape index (κ1) is 16.0. The van der Waals surface area contributed by atoms with Gasteiger partial charge in [-0.15, -0.1) is 0 Å². The lowest BCUT2D eigenvalue weighted by Crippen LogP contribution is -2.29. The van der Waals surface area contributed by atoms with E-state index in [0.717, 1.165) is 38.2 Å². The summed E-state index contributed by atoms with van der Waals surface area (Å²) in [7, 11) is 3.74. The molecule has 19 heavy (non-hydrogen) atoms. The third kappa shape index (κ3) is 5.62. The normalized spacial score (nSPS) is 12.4. The number of hydrogen-bond acceptors (Lipinski definition) is 3. The van der Waals surface area contributed by atoms with Crippen LogP contribution in [0.1, 0.15) is 30.9 Å². The van der Waals surface area contributed by atoms with Crippen molar-refractivity contribution in [2.75, 3.05) is 27.4 Å². The molecule has 1 aromatic carbocycles. The summed E-state index contributed by atoms with van der Waals surface area (Å²) in [5.41, 5.74) is 2.53. The molecule has 0 radical (unpaired) electrons. The van der Waals surface area contributed by atoms with Crippen LogP contribution in [-0.4, -0.2) is 33.4 Å². The van der Waals surface area contributed by atoms with Crippen molar-refractivity contribution < 1.29 is 9.47 Å². The van der Waals surface area contributed by atoms with Gasteiger partial charge in [0.05, 0.1) is 7.11 Å². The third-order valence-electron chi connectivity index (χ3n) is 3.27. The average Bonchev–Trinajstić information content (AvgIpc) is 2.42. The van der Waals surface area contributed by atoms with Crippen LogP contribution in [0.5, 0.6) is 5.75 Å². The lowest BCUT2D eigenvalue weighted by molar-refractivity contribution is 0.125. The number of nitrogens with one attached hydrogen (secondary N) is 1. The molecule has 0 spiro atoms. The number of ether oxygens (including phenoxy) is 2. The molecule has 1 aromatic rings. The molecule has 0 aliphatic carbocycles. The largest absolute Gasteiger partial charge is 0.496 e. The summed E-state index contributed by atoms with van der Waals surface area (Å²) < 4.78 is 11.0. The van der Waals surface area contributed by atoms with Crippen LogP contribution in [0.4, 0.5) is 0 Å². The summed E-state index contributed by atoms with van der Waals surface area (Å²) in [6, 6.07) is 6.76. The minimum atomic E-state index is 0.424. The molecule has 1 unspecified atom stereocenters. The topological polar surface area (TPSA) is 30.5 Å². The van der Waals surface area contributed by atoms with Crippen LogP contribution in [0.2, 0.25) is 0 Å². The first-order valence-electron chi connectivity index (χ1n) is 7.09. The van der Waals surface area contributed by atoms with Gasteiger partial charge in [0.25, 0.3) is 0 Å². The van der Waals surface area contributed by atoms with Gasteiger partial charge in [0.15, 0.2) is 0 Å². The predicted octanol–water partition coefficient (Wildman–Crippen LogP) is 2.95. The van der Waals surface area contributed by atoms with E-state index in [9.17, 15) is 0 Å². The SMILES string of the molecule is CCCOCCC(Cc1cc(C)ccc1OC)NC. The molecule has 3 nitrogen and oxygen atoms in total. The van der Waals surface area contributed by atoms with E-state index < -0.39 is 0 Å². The maximum atomic E-state index is 5.56. The number of rotatable bonds is 9. The average molecular weight is 265 g/mol. The number of methoxy groups -OCH3 is 1. The summed E-state index contributed by atoms with van der Waals surface area (Å²) in [4.78, 5) is 0. The van der Waals surface area contributed by atoms with E-state index in [2.05, 4.69) is 31.3 Å². The minimum Gasteiger partial charge on any atom is -0.496 e. The smallest absolute Gasteiger partial charge is 0.122 e. The van der Waals surface area contributed by atoms with Gasteiger partial charge in [0.2, 0.25) is 0 Å². The Balaban J connectivity index is 2.56. The Kier molecular flexibility index (Phi) is 7.53. The molecule has 0 saturated heterocycles. The molecule has 1 rings (SSSR count). The first-order chi connectivity index (χ1) is 9.21. The second kappa shape index (κ2) is 8.94. The molecule has 108 valence electrons. The van der Waals surface area contributed by atoms with Crippen LogP contribution in [0.3, 0.4) is 0 Å². The standard InChI is InChI=1S/C16H27NO2/c1-5-9-19-10-8-15(17-3)12-14-11-13(2)6-7-16(14)18-4/h6-7,11,15,17H,5,8-10,12H2,1-4H3. The van der Waals surface area contributed by atoms with E-state index >= 15 is 0 Å². The molecule has 1 atom stereocenters. The van der Waals surface area contributed by atoms with E-state index in [0.29, 0.717) is 6.04 Å². The van der Waals surface area contributed by atoms with Gasteiger partial charge in [-0.1, -0.05) is 24.6 Å². The predicted molar refractivity (Wildman–Crippen MR) is 80.0 cm³/mol.